The lowest BCUT2D eigenvalue weighted by molar-refractivity contribution is 0.145. The maximum Gasteiger partial charge on any atom is 0.124 e. The first kappa shape index (κ1) is 14.7. The minimum Gasteiger partial charge on any atom is -0.491 e. The Labute approximate surface area is 110 Å². The van der Waals surface area contributed by atoms with E-state index in [9.17, 15) is 0 Å². The average Bonchev–Trinajstić information content (AvgIpc) is 2.39. The van der Waals surface area contributed by atoms with Crippen LogP contribution in [0, 0.1) is 0 Å². The third kappa shape index (κ3) is 4.51. The Hall–Kier alpha value is -1.32. The van der Waals surface area contributed by atoms with Gasteiger partial charge in [0.1, 0.15) is 12.4 Å². The van der Waals surface area contributed by atoms with Crippen LogP contribution in [0.15, 0.2) is 36.9 Å². The molecular formula is C15H23NO2. The predicted molar refractivity (Wildman–Crippen MR) is 75.0 cm³/mol. The molecule has 0 bridgehead atoms. The summed E-state index contributed by atoms with van der Waals surface area (Å²) in [5, 5.41) is 3.45. The van der Waals surface area contributed by atoms with E-state index in [0.717, 1.165) is 18.7 Å². The molecule has 0 spiro atoms. The highest BCUT2D eigenvalue weighted by Crippen LogP contribution is 2.27. The van der Waals surface area contributed by atoms with Gasteiger partial charge in [-0.25, -0.2) is 0 Å². The monoisotopic (exact) mass is 249 g/mol. The van der Waals surface area contributed by atoms with E-state index in [2.05, 4.69) is 24.9 Å². The van der Waals surface area contributed by atoms with Crippen LogP contribution >= 0.6 is 0 Å². The molecule has 1 aromatic carbocycles. The van der Waals surface area contributed by atoms with Crippen molar-refractivity contribution in [2.24, 2.45) is 0 Å². The Balaban J connectivity index is 2.80. The SMILES string of the molecule is C=CCC(NCC)c1ccccc1OCCOC. The summed E-state index contributed by atoms with van der Waals surface area (Å²) >= 11 is 0. The molecule has 0 saturated heterocycles. The Bertz CT molecular complexity index is 352. The van der Waals surface area contributed by atoms with Crippen molar-refractivity contribution in [3.8, 4) is 5.75 Å². The van der Waals surface area contributed by atoms with Crippen molar-refractivity contribution in [2.75, 3.05) is 26.9 Å². The van der Waals surface area contributed by atoms with E-state index in [1.54, 1.807) is 7.11 Å². The van der Waals surface area contributed by atoms with Crippen LogP contribution in [0.4, 0.5) is 0 Å². The van der Waals surface area contributed by atoms with Crippen molar-refractivity contribution in [1.82, 2.24) is 5.32 Å². The summed E-state index contributed by atoms with van der Waals surface area (Å²) in [5.41, 5.74) is 1.18. The van der Waals surface area contributed by atoms with Gasteiger partial charge >= 0.3 is 0 Å². The van der Waals surface area contributed by atoms with Crippen molar-refractivity contribution in [2.45, 2.75) is 19.4 Å². The third-order valence-electron chi connectivity index (χ3n) is 2.69. The van der Waals surface area contributed by atoms with Gasteiger partial charge in [0.25, 0.3) is 0 Å². The van der Waals surface area contributed by atoms with Gasteiger partial charge in [0.05, 0.1) is 6.61 Å². The largest absolute Gasteiger partial charge is 0.491 e. The molecule has 1 aromatic rings. The number of methoxy groups -OCH3 is 1. The normalized spacial score (nSPS) is 12.1. The quantitative estimate of drug-likeness (QED) is 0.539. The number of ether oxygens (including phenoxy) is 2. The molecule has 0 heterocycles. The fourth-order valence-corrected chi connectivity index (χ4v) is 1.87. The smallest absolute Gasteiger partial charge is 0.124 e. The third-order valence-corrected chi connectivity index (χ3v) is 2.69. The van der Waals surface area contributed by atoms with Gasteiger partial charge < -0.3 is 14.8 Å². The molecule has 0 aliphatic carbocycles. The first-order chi connectivity index (χ1) is 8.83. The fourth-order valence-electron chi connectivity index (χ4n) is 1.87. The Morgan fingerprint density at radius 3 is 2.78 bits per heavy atom. The molecule has 0 aromatic heterocycles. The summed E-state index contributed by atoms with van der Waals surface area (Å²) in [6.07, 6.45) is 2.82. The summed E-state index contributed by atoms with van der Waals surface area (Å²) in [4.78, 5) is 0. The van der Waals surface area contributed by atoms with Crippen molar-refractivity contribution in [3.05, 3.63) is 42.5 Å². The molecule has 1 atom stereocenters. The first-order valence-corrected chi connectivity index (χ1v) is 6.38. The average molecular weight is 249 g/mol. The summed E-state index contributed by atoms with van der Waals surface area (Å²) in [7, 11) is 1.68. The maximum absolute atomic E-state index is 5.75. The highest BCUT2D eigenvalue weighted by Gasteiger charge is 2.13. The van der Waals surface area contributed by atoms with Gasteiger partial charge in [-0.15, -0.1) is 6.58 Å². The number of para-hydroxylation sites is 1. The molecule has 3 heteroatoms. The topological polar surface area (TPSA) is 30.5 Å². The number of rotatable bonds is 9. The first-order valence-electron chi connectivity index (χ1n) is 6.38. The van der Waals surface area contributed by atoms with Crippen molar-refractivity contribution in [1.29, 1.82) is 0 Å². The fraction of sp³-hybridized carbons (Fsp3) is 0.467. The second-order valence-corrected chi connectivity index (χ2v) is 4.01. The molecule has 1 rings (SSSR count). The number of hydrogen-bond acceptors (Lipinski definition) is 3. The van der Waals surface area contributed by atoms with E-state index >= 15 is 0 Å². The molecule has 18 heavy (non-hydrogen) atoms. The molecule has 1 unspecified atom stereocenters. The van der Waals surface area contributed by atoms with Gasteiger partial charge in [-0.05, 0) is 19.0 Å². The number of nitrogens with one attached hydrogen (secondary N) is 1. The van der Waals surface area contributed by atoms with E-state index < -0.39 is 0 Å². The van der Waals surface area contributed by atoms with E-state index in [4.69, 9.17) is 9.47 Å². The van der Waals surface area contributed by atoms with E-state index in [1.165, 1.54) is 5.56 Å². The lowest BCUT2D eigenvalue weighted by Crippen LogP contribution is -2.21. The van der Waals surface area contributed by atoms with Gasteiger partial charge in [-0.3, -0.25) is 0 Å². The molecule has 0 saturated carbocycles. The second kappa shape index (κ2) is 8.72. The maximum atomic E-state index is 5.75. The molecule has 0 radical (unpaired) electrons. The van der Waals surface area contributed by atoms with Crippen molar-refractivity contribution < 1.29 is 9.47 Å². The van der Waals surface area contributed by atoms with Crippen LogP contribution in [-0.4, -0.2) is 26.9 Å². The molecule has 0 fully saturated rings. The molecule has 0 aliphatic rings. The molecule has 1 N–H and O–H groups in total. The zero-order chi connectivity index (χ0) is 13.2. The number of benzene rings is 1. The van der Waals surface area contributed by atoms with Crippen LogP contribution < -0.4 is 10.1 Å². The van der Waals surface area contributed by atoms with Crippen LogP contribution in [0.3, 0.4) is 0 Å². The van der Waals surface area contributed by atoms with Crippen LogP contribution in [0.25, 0.3) is 0 Å². The minimum absolute atomic E-state index is 0.256. The lowest BCUT2D eigenvalue weighted by atomic mass is 10.0. The predicted octanol–water partition coefficient (Wildman–Crippen LogP) is 2.94. The Morgan fingerprint density at radius 2 is 2.11 bits per heavy atom. The summed E-state index contributed by atoms with van der Waals surface area (Å²) < 4.78 is 10.8. The highest BCUT2D eigenvalue weighted by molar-refractivity contribution is 5.36. The van der Waals surface area contributed by atoms with Crippen LogP contribution in [0.5, 0.6) is 5.75 Å². The van der Waals surface area contributed by atoms with Crippen LogP contribution in [0.2, 0.25) is 0 Å². The van der Waals surface area contributed by atoms with Crippen LogP contribution in [0.1, 0.15) is 24.9 Å². The van der Waals surface area contributed by atoms with Gasteiger partial charge in [0, 0.05) is 18.7 Å². The molecule has 0 amide bonds. The standard InChI is InChI=1S/C15H23NO2/c1-4-8-14(16-5-2)13-9-6-7-10-15(13)18-12-11-17-3/h4,6-7,9-10,14,16H,1,5,8,11-12H2,2-3H3. The lowest BCUT2D eigenvalue weighted by Gasteiger charge is -2.20. The van der Waals surface area contributed by atoms with Gasteiger partial charge in [-0.2, -0.15) is 0 Å². The van der Waals surface area contributed by atoms with E-state index in [-0.39, 0.29) is 6.04 Å². The minimum atomic E-state index is 0.256. The summed E-state index contributed by atoms with van der Waals surface area (Å²) in [6, 6.07) is 8.37. The van der Waals surface area contributed by atoms with Crippen molar-refractivity contribution >= 4 is 0 Å². The highest BCUT2D eigenvalue weighted by atomic mass is 16.5. The number of hydrogen-bond donors (Lipinski definition) is 1. The molecule has 100 valence electrons. The summed E-state index contributed by atoms with van der Waals surface area (Å²) in [5.74, 6) is 0.919. The molecular weight excluding hydrogens is 226 g/mol. The molecule has 0 aliphatic heterocycles. The van der Waals surface area contributed by atoms with Crippen molar-refractivity contribution in [3.63, 3.8) is 0 Å². The second-order valence-electron chi connectivity index (χ2n) is 4.01. The Kier molecular flexibility index (Phi) is 7.14. The zero-order valence-corrected chi connectivity index (χ0v) is 11.3. The zero-order valence-electron chi connectivity index (χ0n) is 11.3. The van der Waals surface area contributed by atoms with Crippen LogP contribution in [-0.2, 0) is 4.74 Å². The summed E-state index contributed by atoms with van der Waals surface area (Å²) in [6.45, 7) is 8.00. The van der Waals surface area contributed by atoms with Gasteiger partial charge in [-0.1, -0.05) is 31.2 Å². The molecule has 3 nitrogen and oxygen atoms in total. The van der Waals surface area contributed by atoms with Gasteiger partial charge in [0.2, 0.25) is 0 Å². The van der Waals surface area contributed by atoms with E-state index in [1.807, 2.05) is 24.3 Å². The van der Waals surface area contributed by atoms with Gasteiger partial charge in [0.15, 0.2) is 0 Å². The Morgan fingerprint density at radius 1 is 1.33 bits per heavy atom. The van der Waals surface area contributed by atoms with E-state index in [0.29, 0.717) is 13.2 Å².